The second-order valence-electron chi connectivity index (χ2n) is 3.68. The van der Waals surface area contributed by atoms with Gasteiger partial charge in [-0.3, -0.25) is 4.79 Å². The van der Waals surface area contributed by atoms with E-state index in [-0.39, 0.29) is 24.4 Å². The second-order valence-corrected chi connectivity index (χ2v) is 3.68. The first-order valence-electron chi connectivity index (χ1n) is 4.89. The van der Waals surface area contributed by atoms with Crippen LogP contribution in [0.5, 0.6) is 0 Å². The van der Waals surface area contributed by atoms with Gasteiger partial charge in [0.25, 0.3) is 5.91 Å². The highest BCUT2D eigenvalue weighted by Crippen LogP contribution is 2.18. The van der Waals surface area contributed by atoms with Gasteiger partial charge >= 0.3 is 0 Å². The molecule has 1 aliphatic carbocycles. The van der Waals surface area contributed by atoms with E-state index in [4.69, 9.17) is 5.73 Å². The molecule has 1 saturated carbocycles. The molecule has 0 bridgehead atoms. The molecule has 84 valence electrons. The van der Waals surface area contributed by atoms with Crippen molar-refractivity contribution < 1.29 is 9.90 Å². The smallest absolute Gasteiger partial charge is 0.250 e. The summed E-state index contributed by atoms with van der Waals surface area (Å²) in [4.78, 5) is 11.3. The summed E-state index contributed by atoms with van der Waals surface area (Å²) in [5.41, 5.74) is 5.61. The van der Waals surface area contributed by atoms with Gasteiger partial charge in [-0.1, -0.05) is 13.3 Å². The highest BCUT2D eigenvalue weighted by Gasteiger charge is 2.28. The SMILES string of the molecule is CCC[C@H](N)C(O)C(=O)NC1CC1.Cl. The zero-order valence-corrected chi connectivity index (χ0v) is 9.22. The van der Waals surface area contributed by atoms with Gasteiger partial charge in [-0.25, -0.2) is 0 Å². The van der Waals surface area contributed by atoms with Crippen molar-refractivity contribution in [3.05, 3.63) is 0 Å². The van der Waals surface area contributed by atoms with Crippen LogP contribution >= 0.6 is 12.4 Å². The maximum atomic E-state index is 11.3. The summed E-state index contributed by atoms with van der Waals surface area (Å²) in [6, 6.07) is -0.139. The molecule has 1 aliphatic rings. The largest absolute Gasteiger partial charge is 0.382 e. The van der Waals surface area contributed by atoms with E-state index in [2.05, 4.69) is 5.32 Å². The molecular weight excluding hydrogens is 204 g/mol. The van der Waals surface area contributed by atoms with Crippen molar-refractivity contribution in [2.24, 2.45) is 5.73 Å². The van der Waals surface area contributed by atoms with Crippen molar-refractivity contribution >= 4 is 18.3 Å². The van der Waals surface area contributed by atoms with Gasteiger partial charge in [0.05, 0.1) is 0 Å². The molecule has 0 aromatic heterocycles. The summed E-state index contributed by atoms with van der Waals surface area (Å²) in [6.07, 6.45) is 2.58. The Bertz CT molecular complexity index is 186. The Morgan fingerprint density at radius 2 is 2.21 bits per heavy atom. The van der Waals surface area contributed by atoms with E-state index in [0.29, 0.717) is 6.42 Å². The number of aliphatic hydroxyl groups is 1. The lowest BCUT2D eigenvalue weighted by Gasteiger charge is -2.17. The molecule has 1 unspecified atom stereocenters. The van der Waals surface area contributed by atoms with Crippen molar-refractivity contribution in [3.8, 4) is 0 Å². The van der Waals surface area contributed by atoms with Crippen molar-refractivity contribution in [2.75, 3.05) is 0 Å². The predicted molar refractivity (Wildman–Crippen MR) is 57.3 cm³/mol. The monoisotopic (exact) mass is 222 g/mol. The molecule has 0 heterocycles. The minimum Gasteiger partial charge on any atom is -0.382 e. The Morgan fingerprint density at radius 3 is 2.64 bits per heavy atom. The number of carbonyl (C=O) groups is 1. The summed E-state index contributed by atoms with van der Waals surface area (Å²) in [5, 5.41) is 12.2. The average Bonchev–Trinajstić information content (AvgIpc) is 2.87. The maximum absolute atomic E-state index is 11.3. The third-order valence-electron chi connectivity index (χ3n) is 2.22. The van der Waals surface area contributed by atoms with E-state index < -0.39 is 12.1 Å². The van der Waals surface area contributed by atoms with Crippen LogP contribution in [-0.4, -0.2) is 29.2 Å². The quantitative estimate of drug-likeness (QED) is 0.621. The molecule has 0 aromatic carbocycles. The normalized spacial score (nSPS) is 19.4. The first-order valence-corrected chi connectivity index (χ1v) is 4.89. The van der Waals surface area contributed by atoms with Gasteiger partial charge in [-0.05, 0) is 19.3 Å². The van der Waals surface area contributed by atoms with Crippen LogP contribution in [0.2, 0.25) is 0 Å². The van der Waals surface area contributed by atoms with Gasteiger partial charge in [0.2, 0.25) is 0 Å². The summed E-state index contributed by atoms with van der Waals surface area (Å²) in [7, 11) is 0. The van der Waals surface area contributed by atoms with E-state index in [0.717, 1.165) is 19.3 Å². The van der Waals surface area contributed by atoms with E-state index in [1.165, 1.54) is 0 Å². The molecule has 4 nitrogen and oxygen atoms in total. The predicted octanol–water partition coefficient (Wildman–Crippen LogP) is 0.175. The molecule has 5 heteroatoms. The minimum absolute atomic E-state index is 0. The number of halogens is 1. The molecule has 0 aliphatic heterocycles. The number of hydrogen-bond donors (Lipinski definition) is 3. The Labute approximate surface area is 90.7 Å². The topological polar surface area (TPSA) is 75.3 Å². The number of nitrogens with two attached hydrogens (primary N) is 1. The number of rotatable bonds is 5. The lowest BCUT2D eigenvalue weighted by molar-refractivity contribution is -0.130. The highest BCUT2D eigenvalue weighted by atomic mass is 35.5. The fourth-order valence-corrected chi connectivity index (χ4v) is 1.20. The Kier molecular flexibility index (Phi) is 6.08. The lowest BCUT2D eigenvalue weighted by atomic mass is 10.1. The standard InChI is InChI=1S/C9H18N2O2.ClH/c1-2-3-7(10)8(12)9(13)11-6-4-5-6;/h6-8,12H,2-5,10H2,1H3,(H,11,13);1H/t7-,8?;/m0./s1. The third kappa shape index (κ3) is 4.26. The van der Waals surface area contributed by atoms with E-state index in [1.54, 1.807) is 0 Å². The van der Waals surface area contributed by atoms with E-state index in [9.17, 15) is 9.90 Å². The molecule has 14 heavy (non-hydrogen) atoms. The molecule has 1 fully saturated rings. The van der Waals surface area contributed by atoms with Crippen molar-refractivity contribution in [1.29, 1.82) is 0 Å². The lowest BCUT2D eigenvalue weighted by Crippen LogP contribution is -2.46. The molecule has 1 rings (SSSR count). The van der Waals surface area contributed by atoms with Gasteiger partial charge in [0, 0.05) is 12.1 Å². The van der Waals surface area contributed by atoms with Gasteiger partial charge in [0.1, 0.15) is 6.10 Å². The van der Waals surface area contributed by atoms with Crippen LogP contribution < -0.4 is 11.1 Å². The molecule has 2 atom stereocenters. The number of hydrogen-bond acceptors (Lipinski definition) is 3. The van der Waals surface area contributed by atoms with Crippen LogP contribution in [0.4, 0.5) is 0 Å². The van der Waals surface area contributed by atoms with Crippen LogP contribution in [0.3, 0.4) is 0 Å². The van der Waals surface area contributed by atoms with Gasteiger partial charge in [-0.2, -0.15) is 0 Å². The van der Waals surface area contributed by atoms with Crippen molar-refractivity contribution in [3.63, 3.8) is 0 Å². The van der Waals surface area contributed by atoms with E-state index >= 15 is 0 Å². The van der Waals surface area contributed by atoms with Crippen LogP contribution in [0.25, 0.3) is 0 Å². The Hall–Kier alpha value is -0.320. The zero-order chi connectivity index (χ0) is 9.84. The fraction of sp³-hybridized carbons (Fsp3) is 0.889. The summed E-state index contributed by atoms with van der Waals surface area (Å²) in [6.45, 7) is 1.98. The summed E-state index contributed by atoms with van der Waals surface area (Å²) >= 11 is 0. The minimum atomic E-state index is -1.04. The second kappa shape index (κ2) is 6.22. The van der Waals surface area contributed by atoms with Gasteiger partial charge < -0.3 is 16.2 Å². The van der Waals surface area contributed by atoms with Crippen LogP contribution in [-0.2, 0) is 4.79 Å². The summed E-state index contributed by atoms with van der Waals surface area (Å²) < 4.78 is 0. The summed E-state index contributed by atoms with van der Waals surface area (Å²) in [5.74, 6) is -0.316. The first kappa shape index (κ1) is 13.7. The molecule has 0 spiro atoms. The number of nitrogens with one attached hydrogen (secondary N) is 1. The third-order valence-corrected chi connectivity index (χ3v) is 2.22. The number of aliphatic hydroxyl groups excluding tert-OH is 1. The van der Waals surface area contributed by atoms with Crippen LogP contribution in [0.1, 0.15) is 32.6 Å². The first-order chi connectivity index (χ1) is 6.15. The molecular formula is C9H19ClN2O2. The van der Waals surface area contributed by atoms with E-state index in [1.807, 2.05) is 6.92 Å². The molecule has 4 N–H and O–H groups in total. The maximum Gasteiger partial charge on any atom is 0.250 e. The van der Waals surface area contributed by atoms with Crippen molar-refractivity contribution in [1.82, 2.24) is 5.32 Å². The average molecular weight is 223 g/mol. The number of amides is 1. The Morgan fingerprint density at radius 1 is 1.64 bits per heavy atom. The Balaban J connectivity index is 0.00000169. The molecule has 0 saturated heterocycles. The molecule has 0 aromatic rings. The zero-order valence-electron chi connectivity index (χ0n) is 8.40. The van der Waals surface area contributed by atoms with Crippen LogP contribution in [0.15, 0.2) is 0 Å². The van der Waals surface area contributed by atoms with Gasteiger partial charge in [-0.15, -0.1) is 12.4 Å². The van der Waals surface area contributed by atoms with Crippen LogP contribution in [0, 0.1) is 0 Å². The van der Waals surface area contributed by atoms with Crippen molar-refractivity contribution in [2.45, 2.75) is 50.8 Å². The molecule has 0 radical (unpaired) electrons. The number of carbonyl (C=O) groups excluding carboxylic acids is 1. The highest BCUT2D eigenvalue weighted by molar-refractivity contribution is 5.85. The fourth-order valence-electron chi connectivity index (χ4n) is 1.20. The molecule has 1 amide bonds. The van der Waals surface area contributed by atoms with Gasteiger partial charge in [0.15, 0.2) is 0 Å².